The van der Waals surface area contributed by atoms with E-state index in [0.29, 0.717) is 0 Å². The lowest BCUT2D eigenvalue weighted by molar-refractivity contribution is 0.149. The van der Waals surface area contributed by atoms with Gasteiger partial charge in [0.2, 0.25) is 0 Å². The molecule has 0 aromatic heterocycles. The van der Waals surface area contributed by atoms with Gasteiger partial charge >= 0.3 is 0 Å². The highest BCUT2D eigenvalue weighted by atomic mass is 28.4. The van der Waals surface area contributed by atoms with E-state index < -0.39 is 16.4 Å². The predicted octanol–water partition coefficient (Wildman–Crippen LogP) is 4.66. The van der Waals surface area contributed by atoms with Crippen LogP contribution in [0.15, 0.2) is 0 Å². The van der Waals surface area contributed by atoms with E-state index in [1.54, 1.807) is 0 Å². The zero-order valence-electron chi connectivity index (χ0n) is 12.0. The van der Waals surface area contributed by atoms with Gasteiger partial charge in [0.15, 0.2) is 8.32 Å². The SMILES string of the molecule is CCC[Si](C)(C)OC(C)(CC)[Si](C)(C)C. The summed E-state index contributed by atoms with van der Waals surface area (Å²) in [5.74, 6) is 0. The molecule has 0 spiro atoms. The molecule has 0 heterocycles. The summed E-state index contributed by atoms with van der Waals surface area (Å²) in [6, 6.07) is 1.28. The Bertz CT molecular complexity index is 196. The molecule has 0 saturated carbocycles. The Morgan fingerprint density at radius 1 is 1.00 bits per heavy atom. The Balaban J connectivity index is 4.72. The molecular formula is C12H30OSi2. The first-order valence-corrected chi connectivity index (χ1v) is 12.9. The smallest absolute Gasteiger partial charge is 0.187 e. The van der Waals surface area contributed by atoms with Crippen molar-refractivity contribution in [1.29, 1.82) is 0 Å². The summed E-state index contributed by atoms with van der Waals surface area (Å²) < 4.78 is 6.58. The van der Waals surface area contributed by atoms with E-state index >= 15 is 0 Å². The number of hydrogen-bond donors (Lipinski definition) is 0. The maximum Gasteiger partial charge on any atom is 0.187 e. The van der Waals surface area contributed by atoms with Crippen molar-refractivity contribution in [2.24, 2.45) is 0 Å². The summed E-state index contributed by atoms with van der Waals surface area (Å²) in [6.07, 6.45) is 2.41. The van der Waals surface area contributed by atoms with Gasteiger partial charge in [0.05, 0.1) is 8.07 Å². The Morgan fingerprint density at radius 2 is 1.47 bits per heavy atom. The summed E-state index contributed by atoms with van der Waals surface area (Å²) in [5.41, 5.74) is 0. The van der Waals surface area contributed by atoms with E-state index in [1.165, 1.54) is 12.5 Å². The predicted molar refractivity (Wildman–Crippen MR) is 75.7 cm³/mol. The van der Waals surface area contributed by atoms with Gasteiger partial charge in [0.25, 0.3) is 0 Å². The van der Waals surface area contributed by atoms with Crippen LogP contribution in [-0.4, -0.2) is 21.6 Å². The maximum atomic E-state index is 6.58. The summed E-state index contributed by atoms with van der Waals surface area (Å²) >= 11 is 0. The molecule has 1 unspecified atom stereocenters. The Hall–Kier alpha value is 0.394. The highest BCUT2D eigenvalue weighted by Crippen LogP contribution is 2.32. The second-order valence-corrected chi connectivity index (χ2v) is 16.2. The van der Waals surface area contributed by atoms with E-state index in [0.717, 1.165) is 6.42 Å². The molecule has 15 heavy (non-hydrogen) atoms. The molecule has 3 heteroatoms. The highest BCUT2D eigenvalue weighted by molar-refractivity contribution is 6.80. The lowest BCUT2D eigenvalue weighted by Gasteiger charge is -2.45. The Morgan fingerprint density at radius 3 is 1.73 bits per heavy atom. The van der Waals surface area contributed by atoms with Crippen LogP contribution in [0.4, 0.5) is 0 Å². The first-order valence-electron chi connectivity index (χ1n) is 6.28. The van der Waals surface area contributed by atoms with Gasteiger partial charge in [-0.25, -0.2) is 0 Å². The standard InChI is InChI=1S/C12H30OSi2/c1-9-11-15(7,8)13-12(3,10-2)14(4,5)6/h9-11H2,1-8H3. The van der Waals surface area contributed by atoms with Gasteiger partial charge < -0.3 is 4.43 Å². The molecule has 0 fully saturated rings. The van der Waals surface area contributed by atoms with Crippen LogP contribution in [0.1, 0.15) is 33.6 Å². The van der Waals surface area contributed by atoms with E-state index in [9.17, 15) is 0 Å². The van der Waals surface area contributed by atoms with Crippen molar-refractivity contribution in [2.75, 3.05) is 0 Å². The fourth-order valence-electron chi connectivity index (χ4n) is 2.02. The van der Waals surface area contributed by atoms with Gasteiger partial charge in [-0.05, 0) is 32.5 Å². The average molecular weight is 247 g/mol. The Labute approximate surface area is 98.8 Å². The second kappa shape index (κ2) is 5.15. The fraction of sp³-hybridized carbons (Fsp3) is 1.00. The summed E-state index contributed by atoms with van der Waals surface area (Å²) in [4.78, 5) is 0. The van der Waals surface area contributed by atoms with E-state index in [-0.39, 0.29) is 5.22 Å². The molecule has 1 nitrogen and oxygen atoms in total. The van der Waals surface area contributed by atoms with Gasteiger partial charge in [-0.15, -0.1) is 0 Å². The molecule has 0 saturated heterocycles. The molecule has 0 aromatic carbocycles. The third kappa shape index (κ3) is 4.41. The van der Waals surface area contributed by atoms with Gasteiger partial charge in [-0.3, -0.25) is 0 Å². The van der Waals surface area contributed by atoms with Crippen LogP contribution in [0.3, 0.4) is 0 Å². The highest BCUT2D eigenvalue weighted by Gasteiger charge is 2.42. The zero-order chi connectivity index (χ0) is 12.3. The van der Waals surface area contributed by atoms with E-state index in [2.05, 4.69) is 53.5 Å². The summed E-state index contributed by atoms with van der Waals surface area (Å²) in [7, 11) is -2.67. The monoisotopic (exact) mass is 246 g/mol. The molecule has 1 atom stereocenters. The van der Waals surface area contributed by atoms with Crippen LogP contribution < -0.4 is 0 Å². The number of rotatable bonds is 6. The average Bonchev–Trinajstić information content (AvgIpc) is 2.00. The summed E-state index contributed by atoms with van der Waals surface area (Å²) in [6.45, 7) is 18.9. The quantitative estimate of drug-likeness (QED) is 0.619. The van der Waals surface area contributed by atoms with Crippen molar-refractivity contribution < 1.29 is 4.43 Å². The normalized spacial score (nSPS) is 17.6. The second-order valence-electron chi connectivity index (χ2n) is 6.45. The third-order valence-electron chi connectivity index (χ3n) is 3.61. The Kier molecular flexibility index (Phi) is 5.28. The van der Waals surface area contributed by atoms with Crippen molar-refractivity contribution in [2.45, 2.75) is 77.6 Å². The first kappa shape index (κ1) is 15.4. The van der Waals surface area contributed by atoms with Crippen molar-refractivity contribution in [3.8, 4) is 0 Å². The van der Waals surface area contributed by atoms with Crippen LogP contribution in [-0.2, 0) is 4.43 Å². The molecule has 0 aromatic rings. The molecule has 92 valence electrons. The van der Waals surface area contributed by atoms with E-state index in [1.807, 2.05) is 0 Å². The molecule has 0 aliphatic carbocycles. The molecule has 0 aliphatic heterocycles. The maximum absolute atomic E-state index is 6.58. The molecule has 0 amide bonds. The minimum atomic E-state index is -1.43. The lowest BCUT2D eigenvalue weighted by Crippen LogP contribution is -2.56. The largest absolute Gasteiger partial charge is 0.415 e. The molecule has 0 rings (SSSR count). The molecule has 0 radical (unpaired) electrons. The van der Waals surface area contributed by atoms with Crippen LogP contribution in [0.2, 0.25) is 38.8 Å². The molecular weight excluding hydrogens is 216 g/mol. The van der Waals surface area contributed by atoms with Crippen molar-refractivity contribution in [1.82, 2.24) is 0 Å². The number of hydrogen-bond acceptors (Lipinski definition) is 1. The molecule has 0 aliphatic rings. The first-order chi connectivity index (χ1) is 6.58. The lowest BCUT2D eigenvalue weighted by atomic mass is 10.3. The van der Waals surface area contributed by atoms with Crippen LogP contribution in [0.25, 0.3) is 0 Å². The van der Waals surface area contributed by atoms with Gasteiger partial charge in [-0.1, -0.05) is 39.9 Å². The molecule has 0 N–H and O–H groups in total. The van der Waals surface area contributed by atoms with Crippen LogP contribution in [0, 0.1) is 0 Å². The minimum absolute atomic E-state index is 0.165. The van der Waals surface area contributed by atoms with Crippen LogP contribution in [0.5, 0.6) is 0 Å². The fourth-order valence-corrected chi connectivity index (χ4v) is 7.80. The van der Waals surface area contributed by atoms with Gasteiger partial charge in [0.1, 0.15) is 0 Å². The third-order valence-corrected chi connectivity index (χ3v) is 10.2. The van der Waals surface area contributed by atoms with Crippen molar-refractivity contribution in [3.05, 3.63) is 0 Å². The van der Waals surface area contributed by atoms with Crippen molar-refractivity contribution >= 4 is 16.4 Å². The minimum Gasteiger partial charge on any atom is -0.415 e. The van der Waals surface area contributed by atoms with Crippen molar-refractivity contribution in [3.63, 3.8) is 0 Å². The van der Waals surface area contributed by atoms with Gasteiger partial charge in [0, 0.05) is 5.22 Å². The van der Waals surface area contributed by atoms with Gasteiger partial charge in [-0.2, -0.15) is 0 Å². The summed E-state index contributed by atoms with van der Waals surface area (Å²) in [5, 5.41) is 0.165. The topological polar surface area (TPSA) is 9.23 Å². The zero-order valence-corrected chi connectivity index (χ0v) is 14.0. The van der Waals surface area contributed by atoms with E-state index in [4.69, 9.17) is 4.43 Å². The molecule has 0 bridgehead atoms. The van der Waals surface area contributed by atoms with Crippen LogP contribution >= 0.6 is 0 Å².